The fourth-order valence-corrected chi connectivity index (χ4v) is 4.77. The molecule has 1 aliphatic heterocycles. The summed E-state index contributed by atoms with van der Waals surface area (Å²) in [5, 5.41) is 14.2. The van der Waals surface area contributed by atoms with Crippen molar-refractivity contribution in [2.75, 3.05) is 13.2 Å². The molecular formula is C25H27ClN2O4. The number of aromatic nitrogens is 1. The average molecular weight is 455 g/mol. The van der Waals surface area contributed by atoms with Gasteiger partial charge in [0.2, 0.25) is 0 Å². The van der Waals surface area contributed by atoms with E-state index in [1.807, 2.05) is 67.1 Å². The van der Waals surface area contributed by atoms with Gasteiger partial charge in [-0.3, -0.25) is 9.59 Å². The Morgan fingerprint density at radius 3 is 2.59 bits per heavy atom. The van der Waals surface area contributed by atoms with Crippen LogP contribution in [0.5, 0.6) is 0 Å². The molecule has 3 aromatic rings. The number of ether oxygens (including phenoxy) is 1. The number of halogens is 1. The Hall–Kier alpha value is -2.83. The predicted molar refractivity (Wildman–Crippen MR) is 124 cm³/mol. The van der Waals surface area contributed by atoms with Crippen molar-refractivity contribution in [3.63, 3.8) is 0 Å². The minimum atomic E-state index is -0.818. The SMILES string of the molecule is CCCC(C(=O)O)c1ccc(C2(NC(=O)c3cc4c(Cl)cccc4n3C)CCOC2)cc1. The number of aryl methyl sites for hydroxylation is 1. The van der Waals surface area contributed by atoms with E-state index in [-0.39, 0.29) is 5.91 Å². The largest absolute Gasteiger partial charge is 0.481 e. The molecule has 7 heteroatoms. The lowest BCUT2D eigenvalue weighted by Gasteiger charge is -2.30. The van der Waals surface area contributed by atoms with E-state index < -0.39 is 17.4 Å². The molecule has 32 heavy (non-hydrogen) atoms. The number of hydrogen-bond donors (Lipinski definition) is 2. The van der Waals surface area contributed by atoms with Crippen LogP contribution in [-0.4, -0.2) is 34.8 Å². The Morgan fingerprint density at radius 2 is 2.00 bits per heavy atom. The maximum Gasteiger partial charge on any atom is 0.310 e. The van der Waals surface area contributed by atoms with Gasteiger partial charge in [0, 0.05) is 36.0 Å². The molecule has 0 saturated carbocycles. The van der Waals surface area contributed by atoms with Gasteiger partial charge in [-0.05, 0) is 35.7 Å². The Morgan fingerprint density at radius 1 is 1.25 bits per heavy atom. The third-order valence-corrected chi connectivity index (χ3v) is 6.71. The summed E-state index contributed by atoms with van der Waals surface area (Å²) in [5.74, 6) is -1.55. The molecule has 1 fully saturated rings. The molecule has 2 atom stereocenters. The van der Waals surface area contributed by atoms with E-state index in [0.717, 1.165) is 28.5 Å². The van der Waals surface area contributed by atoms with Gasteiger partial charge >= 0.3 is 5.97 Å². The number of rotatable bonds is 7. The minimum Gasteiger partial charge on any atom is -0.481 e. The molecule has 2 heterocycles. The second-order valence-electron chi connectivity index (χ2n) is 8.40. The molecule has 0 spiro atoms. The van der Waals surface area contributed by atoms with Crippen molar-refractivity contribution < 1.29 is 19.4 Å². The first kappa shape index (κ1) is 22.4. The van der Waals surface area contributed by atoms with Crippen LogP contribution < -0.4 is 5.32 Å². The second-order valence-corrected chi connectivity index (χ2v) is 8.81. The highest BCUT2D eigenvalue weighted by atomic mass is 35.5. The van der Waals surface area contributed by atoms with Gasteiger partial charge in [-0.25, -0.2) is 0 Å². The van der Waals surface area contributed by atoms with E-state index in [1.165, 1.54) is 0 Å². The normalized spacial score (nSPS) is 19.2. The van der Waals surface area contributed by atoms with Gasteiger partial charge in [-0.2, -0.15) is 0 Å². The van der Waals surface area contributed by atoms with Crippen LogP contribution in [0.3, 0.4) is 0 Å². The maximum absolute atomic E-state index is 13.3. The first-order valence-electron chi connectivity index (χ1n) is 10.8. The van der Waals surface area contributed by atoms with E-state index in [1.54, 1.807) is 0 Å². The molecular weight excluding hydrogens is 428 g/mol. The number of carbonyl (C=O) groups is 2. The molecule has 1 aliphatic rings. The van der Waals surface area contributed by atoms with E-state index >= 15 is 0 Å². The molecule has 2 aromatic carbocycles. The summed E-state index contributed by atoms with van der Waals surface area (Å²) in [4.78, 5) is 25.0. The van der Waals surface area contributed by atoms with Gasteiger partial charge in [-0.1, -0.05) is 55.3 Å². The quantitative estimate of drug-likeness (QED) is 0.535. The number of aliphatic carboxylic acids is 1. The summed E-state index contributed by atoms with van der Waals surface area (Å²) in [5.41, 5.74) is 2.42. The van der Waals surface area contributed by atoms with Crippen molar-refractivity contribution in [3.8, 4) is 0 Å². The summed E-state index contributed by atoms with van der Waals surface area (Å²) in [7, 11) is 1.85. The summed E-state index contributed by atoms with van der Waals surface area (Å²) in [6, 6.07) is 14.9. The number of carboxylic acid groups (broad SMARTS) is 1. The number of carbonyl (C=O) groups excluding carboxylic acids is 1. The van der Waals surface area contributed by atoms with Crippen molar-refractivity contribution in [1.82, 2.24) is 9.88 Å². The van der Waals surface area contributed by atoms with Gasteiger partial charge in [0.15, 0.2) is 0 Å². The van der Waals surface area contributed by atoms with Gasteiger partial charge in [0.1, 0.15) is 5.69 Å². The molecule has 0 bridgehead atoms. The van der Waals surface area contributed by atoms with Crippen LogP contribution in [0.2, 0.25) is 5.02 Å². The van der Waals surface area contributed by atoms with Crippen LogP contribution in [0.4, 0.5) is 0 Å². The lowest BCUT2D eigenvalue weighted by Crippen LogP contribution is -2.47. The van der Waals surface area contributed by atoms with E-state index in [2.05, 4.69) is 5.32 Å². The maximum atomic E-state index is 13.3. The number of nitrogens with one attached hydrogen (secondary N) is 1. The van der Waals surface area contributed by atoms with Crippen LogP contribution in [0.1, 0.15) is 53.7 Å². The standard InChI is InChI=1S/C25H27ClN2O4/c1-3-5-18(24(30)31)16-8-10-17(11-9-16)25(12-13-32-15-25)27-23(29)22-14-19-20(26)6-4-7-21(19)28(22)2/h4,6-11,14,18H,3,5,12-13,15H2,1-2H3,(H,27,29)(H,30,31). The summed E-state index contributed by atoms with van der Waals surface area (Å²) < 4.78 is 7.52. The molecule has 0 radical (unpaired) electrons. The third kappa shape index (κ3) is 4.00. The van der Waals surface area contributed by atoms with Crippen molar-refractivity contribution in [2.24, 2.45) is 7.05 Å². The fraction of sp³-hybridized carbons (Fsp3) is 0.360. The molecule has 2 unspecified atom stereocenters. The van der Waals surface area contributed by atoms with Crippen LogP contribution in [0.15, 0.2) is 48.5 Å². The number of fused-ring (bicyclic) bond motifs is 1. The van der Waals surface area contributed by atoms with E-state index in [0.29, 0.717) is 36.8 Å². The molecule has 4 rings (SSSR count). The number of benzene rings is 2. The van der Waals surface area contributed by atoms with E-state index in [9.17, 15) is 14.7 Å². The van der Waals surface area contributed by atoms with Crippen LogP contribution in [0, 0.1) is 0 Å². The molecule has 1 saturated heterocycles. The van der Waals surface area contributed by atoms with Crippen molar-refractivity contribution in [1.29, 1.82) is 0 Å². The highest BCUT2D eigenvalue weighted by Crippen LogP contribution is 2.33. The van der Waals surface area contributed by atoms with Crippen molar-refractivity contribution in [2.45, 2.75) is 37.6 Å². The molecule has 168 valence electrons. The van der Waals surface area contributed by atoms with Gasteiger partial charge in [0.25, 0.3) is 5.91 Å². The lowest BCUT2D eigenvalue weighted by atomic mass is 9.86. The first-order valence-corrected chi connectivity index (χ1v) is 11.2. The average Bonchev–Trinajstić information content (AvgIpc) is 3.38. The summed E-state index contributed by atoms with van der Waals surface area (Å²) in [6.45, 7) is 2.88. The highest BCUT2D eigenvalue weighted by molar-refractivity contribution is 6.35. The van der Waals surface area contributed by atoms with Gasteiger partial charge < -0.3 is 19.7 Å². The molecule has 1 amide bonds. The molecule has 1 aromatic heterocycles. The molecule has 6 nitrogen and oxygen atoms in total. The predicted octanol–water partition coefficient (Wildman–Crippen LogP) is 4.85. The third-order valence-electron chi connectivity index (χ3n) is 6.38. The zero-order valence-corrected chi connectivity index (χ0v) is 19.0. The summed E-state index contributed by atoms with van der Waals surface area (Å²) in [6.07, 6.45) is 2.02. The zero-order chi connectivity index (χ0) is 22.9. The zero-order valence-electron chi connectivity index (χ0n) is 18.2. The lowest BCUT2D eigenvalue weighted by molar-refractivity contribution is -0.139. The smallest absolute Gasteiger partial charge is 0.310 e. The Labute approximate surface area is 192 Å². The number of amides is 1. The number of hydrogen-bond acceptors (Lipinski definition) is 3. The minimum absolute atomic E-state index is 0.205. The topological polar surface area (TPSA) is 80.6 Å². The Bertz CT molecular complexity index is 1150. The monoisotopic (exact) mass is 454 g/mol. The van der Waals surface area contributed by atoms with Crippen LogP contribution in [0.25, 0.3) is 10.9 Å². The number of nitrogens with zero attached hydrogens (tertiary/aromatic N) is 1. The Balaban J connectivity index is 1.64. The fourth-order valence-electron chi connectivity index (χ4n) is 4.54. The van der Waals surface area contributed by atoms with Crippen LogP contribution in [-0.2, 0) is 22.1 Å². The molecule has 0 aliphatic carbocycles. The highest BCUT2D eigenvalue weighted by Gasteiger charge is 2.39. The first-order chi connectivity index (χ1) is 15.4. The van der Waals surface area contributed by atoms with Crippen LogP contribution >= 0.6 is 11.6 Å². The summed E-state index contributed by atoms with van der Waals surface area (Å²) >= 11 is 6.32. The van der Waals surface area contributed by atoms with E-state index in [4.69, 9.17) is 16.3 Å². The number of carboxylic acids is 1. The second kappa shape index (κ2) is 8.96. The van der Waals surface area contributed by atoms with Crippen molar-refractivity contribution in [3.05, 3.63) is 70.4 Å². The Kier molecular flexibility index (Phi) is 6.26. The van der Waals surface area contributed by atoms with Gasteiger partial charge in [0.05, 0.1) is 18.1 Å². The van der Waals surface area contributed by atoms with Crippen molar-refractivity contribution >= 4 is 34.4 Å². The molecule has 2 N–H and O–H groups in total. The van der Waals surface area contributed by atoms with Gasteiger partial charge in [-0.15, -0.1) is 0 Å².